The molecule has 0 fully saturated rings. The van der Waals surface area contributed by atoms with Gasteiger partial charge in [0.25, 0.3) is 0 Å². The summed E-state index contributed by atoms with van der Waals surface area (Å²) in [5.74, 6) is -0.991. The van der Waals surface area contributed by atoms with Crippen molar-refractivity contribution in [2.45, 2.75) is 26.7 Å². The van der Waals surface area contributed by atoms with Crippen LogP contribution in [0.3, 0.4) is 0 Å². The van der Waals surface area contributed by atoms with Crippen molar-refractivity contribution in [1.29, 1.82) is 0 Å². The van der Waals surface area contributed by atoms with Crippen LogP contribution in [0.25, 0.3) is 0 Å². The van der Waals surface area contributed by atoms with Crippen LogP contribution in [0.2, 0.25) is 0 Å². The monoisotopic (exact) mass is 390 g/mol. The number of aliphatic hydroxyl groups is 2. The predicted molar refractivity (Wildman–Crippen MR) is 109 cm³/mol. The normalized spacial score (nSPS) is 11.7. The van der Waals surface area contributed by atoms with E-state index in [9.17, 15) is 9.59 Å². The van der Waals surface area contributed by atoms with E-state index >= 15 is 0 Å². The Morgan fingerprint density at radius 1 is 0.679 bits per heavy atom. The SMILES string of the molecule is CC(CO)CCC(C)CO.O=C(O)c1ccccc1.O=C(O)c1ccccc1. The Morgan fingerprint density at radius 2 is 0.964 bits per heavy atom. The molecule has 0 aromatic heterocycles. The van der Waals surface area contributed by atoms with Crippen LogP contribution in [0.15, 0.2) is 60.7 Å². The zero-order valence-electron chi connectivity index (χ0n) is 16.4. The number of carboxylic acid groups (broad SMARTS) is 2. The van der Waals surface area contributed by atoms with Crippen molar-refractivity contribution in [2.24, 2.45) is 11.8 Å². The first-order chi connectivity index (χ1) is 13.3. The first-order valence-electron chi connectivity index (χ1n) is 9.10. The van der Waals surface area contributed by atoms with E-state index in [0.717, 1.165) is 12.8 Å². The second-order valence-electron chi connectivity index (χ2n) is 6.50. The van der Waals surface area contributed by atoms with Gasteiger partial charge in [0.2, 0.25) is 0 Å². The fraction of sp³-hybridized carbons (Fsp3) is 0.364. The van der Waals surface area contributed by atoms with E-state index in [0.29, 0.717) is 23.0 Å². The van der Waals surface area contributed by atoms with E-state index < -0.39 is 11.9 Å². The predicted octanol–water partition coefficient (Wildman–Crippen LogP) is 3.79. The molecule has 2 rings (SSSR count). The average Bonchev–Trinajstić information content (AvgIpc) is 2.73. The van der Waals surface area contributed by atoms with Crippen LogP contribution >= 0.6 is 0 Å². The number of aromatic carboxylic acids is 2. The van der Waals surface area contributed by atoms with E-state index in [1.807, 2.05) is 13.8 Å². The van der Waals surface area contributed by atoms with Gasteiger partial charge in [-0.2, -0.15) is 0 Å². The molecule has 4 N–H and O–H groups in total. The molecule has 0 radical (unpaired) electrons. The van der Waals surface area contributed by atoms with Crippen molar-refractivity contribution in [3.05, 3.63) is 71.8 Å². The Kier molecular flexibility index (Phi) is 13.9. The number of hydrogen-bond donors (Lipinski definition) is 4. The Morgan fingerprint density at radius 3 is 1.14 bits per heavy atom. The summed E-state index contributed by atoms with van der Waals surface area (Å²) in [5, 5.41) is 34.1. The molecule has 0 aliphatic rings. The second kappa shape index (κ2) is 15.4. The lowest BCUT2D eigenvalue weighted by molar-refractivity contribution is 0.0686. The molecular weight excluding hydrogens is 360 g/mol. The maximum atomic E-state index is 10.2. The lowest BCUT2D eigenvalue weighted by atomic mass is 9.99. The molecule has 6 heteroatoms. The standard InChI is InChI=1S/C8H18O2.2C7H6O2/c1-7(5-9)3-4-8(2)6-10;2*8-7(9)6-4-2-1-3-5-6/h7-10H,3-6H2,1-2H3;2*1-5H,(H,8,9). The van der Waals surface area contributed by atoms with E-state index in [-0.39, 0.29) is 13.2 Å². The first-order valence-corrected chi connectivity index (χ1v) is 9.10. The van der Waals surface area contributed by atoms with Crippen LogP contribution in [0, 0.1) is 11.8 Å². The quantitative estimate of drug-likeness (QED) is 0.572. The summed E-state index contributed by atoms with van der Waals surface area (Å²) < 4.78 is 0. The summed E-state index contributed by atoms with van der Waals surface area (Å²) in [6, 6.07) is 16.6. The number of carbonyl (C=O) groups is 2. The zero-order chi connectivity index (χ0) is 21.4. The number of hydrogen-bond acceptors (Lipinski definition) is 4. The molecule has 2 aromatic carbocycles. The Hall–Kier alpha value is -2.70. The van der Waals surface area contributed by atoms with E-state index in [2.05, 4.69) is 0 Å². The topological polar surface area (TPSA) is 115 Å². The van der Waals surface area contributed by atoms with Crippen molar-refractivity contribution in [3.8, 4) is 0 Å². The van der Waals surface area contributed by atoms with Gasteiger partial charge in [-0.05, 0) is 48.9 Å². The van der Waals surface area contributed by atoms with Gasteiger partial charge in [-0.15, -0.1) is 0 Å². The molecule has 2 aromatic rings. The molecule has 28 heavy (non-hydrogen) atoms. The number of rotatable bonds is 7. The van der Waals surface area contributed by atoms with Gasteiger partial charge in [0.05, 0.1) is 11.1 Å². The Bertz CT molecular complexity index is 598. The summed E-state index contributed by atoms with van der Waals surface area (Å²) in [6.07, 6.45) is 2.02. The molecule has 0 amide bonds. The van der Waals surface area contributed by atoms with Crippen molar-refractivity contribution in [1.82, 2.24) is 0 Å². The third-order valence-corrected chi connectivity index (χ3v) is 3.82. The smallest absolute Gasteiger partial charge is 0.335 e. The highest BCUT2D eigenvalue weighted by Gasteiger charge is 2.03. The molecule has 2 unspecified atom stereocenters. The van der Waals surface area contributed by atoms with Crippen LogP contribution in [-0.4, -0.2) is 45.6 Å². The first kappa shape index (κ1) is 25.3. The van der Waals surface area contributed by atoms with Gasteiger partial charge in [0.15, 0.2) is 0 Å². The Balaban J connectivity index is 0.000000391. The van der Waals surface area contributed by atoms with Gasteiger partial charge in [0, 0.05) is 13.2 Å². The van der Waals surface area contributed by atoms with Crippen LogP contribution in [0.4, 0.5) is 0 Å². The Labute approximate surface area is 166 Å². The maximum Gasteiger partial charge on any atom is 0.335 e. The molecule has 6 nitrogen and oxygen atoms in total. The van der Waals surface area contributed by atoms with Crippen molar-refractivity contribution in [2.75, 3.05) is 13.2 Å². The molecular formula is C22H30O6. The molecule has 2 atom stereocenters. The van der Waals surface area contributed by atoms with Gasteiger partial charge < -0.3 is 20.4 Å². The molecule has 0 aliphatic carbocycles. The molecule has 0 spiro atoms. The van der Waals surface area contributed by atoms with Gasteiger partial charge in [0.1, 0.15) is 0 Å². The molecule has 0 bridgehead atoms. The van der Waals surface area contributed by atoms with E-state index in [1.54, 1.807) is 60.7 Å². The number of aliphatic hydroxyl groups excluding tert-OH is 2. The molecule has 154 valence electrons. The van der Waals surface area contributed by atoms with Crippen LogP contribution in [0.1, 0.15) is 47.4 Å². The minimum Gasteiger partial charge on any atom is -0.478 e. The number of benzene rings is 2. The molecule has 0 saturated heterocycles. The lowest BCUT2D eigenvalue weighted by Crippen LogP contribution is -2.06. The summed E-state index contributed by atoms with van der Waals surface area (Å²) in [5.41, 5.74) is 0.662. The van der Waals surface area contributed by atoms with Crippen molar-refractivity contribution >= 4 is 11.9 Å². The highest BCUT2D eigenvalue weighted by molar-refractivity contribution is 5.87. The summed E-state index contributed by atoms with van der Waals surface area (Å²) in [7, 11) is 0. The minimum atomic E-state index is -0.879. The molecule has 0 aliphatic heterocycles. The largest absolute Gasteiger partial charge is 0.478 e. The highest BCUT2D eigenvalue weighted by Crippen LogP contribution is 2.10. The van der Waals surface area contributed by atoms with Gasteiger partial charge >= 0.3 is 11.9 Å². The average molecular weight is 390 g/mol. The minimum absolute atomic E-state index is 0.262. The summed E-state index contributed by atoms with van der Waals surface area (Å²) in [4.78, 5) is 20.4. The van der Waals surface area contributed by atoms with Crippen molar-refractivity contribution in [3.63, 3.8) is 0 Å². The van der Waals surface area contributed by atoms with Gasteiger partial charge in [-0.25, -0.2) is 9.59 Å². The fourth-order valence-corrected chi connectivity index (χ4v) is 1.91. The third kappa shape index (κ3) is 12.6. The summed E-state index contributed by atoms with van der Waals surface area (Å²) in [6.45, 7) is 4.56. The highest BCUT2D eigenvalue weighted by atomic mass is 16.4. The van der Waals surface area contributed by atoms with Crippen molar-refractivity contribution < 1.29 is 30.0 Å². The third-order valence-electron chi connectivity index (χ3n) is 3.82. The molecule has 0 saturated carbocycles. The maximum absolute atomic E-state index is 10.2. The lowest BCUT2D eigenvalue weighted by Gasteiger charge is -2.10. The van der Waals surface area contributed by atoms with Gasteiger partial charge in [-0.1, -0.05) is 50.2 Å². The second-order valence-corrected chi connectivity index (χ2v) is 6.50. The fourth-order valence-electron chi connectivity index (χ4n) is 1.91. The van der Waals surface area contributed by atoms with Gasteiger partial charge in [-0.3, -0.25) is 0 Å². The zero-order valence-corrected chi connectivity index (χ0v) is 16.4. The van der Waals surface area contributed by atoms with Crippen LogP contribution < -0.4 is 0 Å². The van der Waals surface area contributed by atoms with E-state index in [1.165, 1.54) is 0 Å². The van der Waals surface area contributed by atoms with Crippen LogP contribution in [-0.2, 0) is 0 Å². The molecule has 0 heterocycles. The van der Waals surface area contributed by atoms with Crippen LogP contribution in [0.5, 0.6) is 0 Å². The van der Waals surface area contributed by atoms with E-state index in [4.69, 9.17) is 20.4 Å². The summed E-state index contributed by atoms with van der Waals surface area (Å²) >= 11 is 0. The number of carboxylic acids is 2.